The standard InChI is InChI=1S/C28H28N2/c1-20-24(18-17-23(29-20)21-12-6-5-7-13-21)30-25-15-9-8-14-22(25)27(2,3)26-16-10-11-19-28(26,30)4/h5-18H,19H2,1-4H3. The van der Waals surface area contributed by atoms with Gasteiger partial charge >= 0.3 is 0 Å². The van der Waals surface area contributed by atoms with E-state index < -0.39 is 0 Å². The summed E-state index contributed by atoms with van der Waals surface area (Å²) < 4.78 is 0. The zero-order valence-electron chi connectivity index (χ0n) is 18.2. The first-order chi connectivity index (χ1) is 14.4. The molecular weight excluding hydrogens is 364 g/mol. The average molecular weight is 393 g/mol. The maximum atomic E-state index is 5.02. The summed E-state index contributed by atoms with van der Waals surface area (Å²) in [7, 11) is 0. The van der Waals surface area contributed by atoms with Crippen molar-refractivity contribution in [3.8, 4) is 11.3 Å². The molecule has 2 aromatic carbocycles. The van der Waals surface area contributed by atoms with Crippen LogP contribution >= 0.6 is 0 Å². The Kier molecular flexibility index (Phi) is 4.21. The minimum Gasteiger partial charge on any atom is -0.330 e. The molecule has 0 radical (unpaired) electrons. The van der Waals surface area contributed by atoms with Crippen LogP contribution in [0.1, 0.15) is 38.4 Å². The van der Waals surface area contributed by atoms with E-state index in [0.29, 0.717) is 0 Å². The number of pyridine rings is 1. The normalized spacial score (nSPS) is 21.6. The third-order valence-corrected chi connectivity index (χ3v) is 6.85. The highest BCUT2D eigenvalue weighted by Gasteiger charge is 2.49. The summed E-state index contributed by atoms with van der Waals surface area (Å²) in [5.74, 6) is 0. The van der Waals surface area contributed by atoms with E-state index in [9.17, 15) is 0 Å². The largest absolute Gasteiger partial charge is 0.330 e. The zero-order chi connectivity index (χ0) is 20.9. The van der Waals surface area contributed by atoms with Gasteiger partial charge < -0.3 is 4.90 Å². The molecule has 2 heteroatoms. The van der Waals surface area contributed by atoms with Crippen LogP contribution in [-0.4, -0.2) is 10.5 Å². The van der Waals surface area contributed by atoms with Gasteiger partial charge in [-0.3, -0.25) is 4.98 Å². The van der Waals surface area contributed by atoms with Crippen LogP contribution < -0.4 is 4.90 Å². The maximum Gasteiger partial charge on any atom is 0.0706 e. The van der Waals surface area contributed by atoms with E-state index in [0.717, 1.165) is 23.4 Å². The first kappa shape index (κ1) is 18.9. The van der Waals surface area contributed by atoms with Gasteiger partial charge in [0.1, 0.15) is 0 Å². The first-order valence-electron chi connectivity index (χ1n) is 10.7. The molecule has 0 amide bonds. The minimum absolute atomic E-state index is 0.0160. The Morgan fingerprint density at radius 1 is 0.833 bits per heavy atom. The fourth-order valence-electron chi connectivity index (χ4n) is 5.41. The second kappa shape index (κ2) is 6.70. The summed E-state index contributed by atoms with van der Waals surface area (Å²) in [4.78, 5) is 7.55. The Labute approximate surface area is 179 Å². The lowest BCUT2D eigenvalue weighted by Crippen LogP contribution is -2.54. The highest BCUT2D eigenvalue weighted by atomic mass is 15.2. The predicted octanol–water partition coefficient (Wildman–Crippen LogP) is 7.13. The number of hydrogen-bond acceptors (Lipinski definition) is 2. The number of fused-ring (bicyclic) bond motifs is 2. The first-order valence-corrected chi connectivity index (χ1v) is 10.7. The molecule has 1 aliphatic heterocycles. The minimum atomic E-state index is -0.118. The number of anilines is 2. The smallest absolute Gasteiger partial charge is 0.0706 e. The SMILES string of the molecule is Cc1nc(-c2ccccc2)ccc1N1c2ccccc2C(C)(C)C2=CC=CCC21C. The number of rotatable bonds is 2. The van der Waals surface area contributed by atoms with Crippen molar-refractivity contribution in [2.24, 2.45) is 0 Å². The van der Waals surface area contributed by atoms with Crippen LogP contribution in [0.4, 0.5) is 11.4 Å². The summed E-state index contributed by atoms with van der Waals surface area (Å²) >= 11 is 0. The predicted molar refractivity (Wildman–Crippen MR) is 126 cm³/mol. The van der Waals surface area contributed by atoms with Crippen LogP contribution in [0, 0.1) is 6.92 Å². The van der Waals surface area contributed by atoms with Gasteiger partial charge in [-0.1, -0.05) is 80.6 Å². The van der Waals surface area contributed by atoms with Gasteiger partial charge in [-0.05, 0) is 49.6 Å². The maximum absolute atomic E-state index is 5.02. The van der Waals surface area contributed by atoms with Crippen molar-refractivity contribution in [3.63, 3.8) is 0 Å². The average Bonchev–Trinajstić information content (AvgIpc) is 2.75. The van der Waals surface area contributed by atoms with Gasteiger partial charge in [-0.25, -0.2) is 0 Å². The lowest BCUT2D eigenvalue weighted by Gasteiger charge is -2.55. The molecule has 0 fully saturated rings. The molecule has 150 valence electrons. The molecule has 3 aromatic rings. The number of allylic oxidation sites excluding steroid dienone is 2. The van der Waals surface area contributed by atoms with Crippen LogP contribution in [0.25, 0.3) is 11.3 Å². The van der Waals surface area contributed by atoms with Gasteiger partial charge in [0.2, 0.25) is 0 Å². The van der Waals surface area contributed by atoms with E-state index in [1.54, 1.807) is 0 Å². The Hall–Kier alpha value is -3.13. The van der Waals surface area contributed by atoms with Gasteiger partial charge in [0.05, 0.1) is 22.6 Å². The molecule has 1 unspecified atom stereocenters. The van der Waals surface area contributed by atoms with Gasteiger partial charge in [0.25, 0.3) is 0 Å². The van der Waals surface area contributed by atoms with Crippen molar-refractivity contribution in [3.05, 3.63) is 102 Å². The Morgan fingerprint density at radius 3 is 2.33 bits per heavy atom. The second-order valence-corrected chi connectivity index (χ2v) is 9.13. The highest BCUT2D eigenvalue weighted by molar-refractivity contribution is 5.79. The number of hydrogen-bond donors (Lipinski definition) is 0. The van der Waals surface area contributed by atoms with Crippen molar-refractivity contribution in [1.29, 1.82) is 0 Å². The molecule has 30 heavy (non-hydrogen) atoms. The molecule has 2 aliphatic rings. The zero-order valence-corrected chi connectivity index (χ0v) is 18.2. The Bertz CT molecular complexity index is 1170. The van der Waals surface area contributed by atoms with Crippen molar-refractivity contribution in [1.82, 2.24) is 4.98 Å². The molecule has 1 aromatic heterocycles. The van der Waals surface area contributed by atoms with E-state index in [4.69, 9.17) is 4.98 Å². The van der Waals surface area contributed by atoms with Crippen LogP contribution in [-0.2, 0) is 5.41 Å². The molecule has 0 saturated carbocycles. The third-order valence-electron chi connectivity index (χ3n) is 6.85. The number of nitrogens with zero attached hydrogens (tertiary/aromatic N) is 2. The van der Waals surface area contributed by atoms with E-state index >= 15 is 0 Å². The molecular formula is C28H28N2. The van der Waals surface area contributed by atoms with Crippen molar-refractivity contribution in [2.75, 3.05) is 4.90 Å². The second-order valence-electron chi connectivity index (χ2n) is 9.13. The van der Waals surface area contributed by atoms with Gasteiger partial charge in [-0.2, -0.15) is 0 Å². The molecule has 0 spiro atoms. The molecule has 0 N–H and O–H groups in total. The lowest BCUT2D eigenvalue weighted by atomic mass is 9.63. The summed E-state index contributed by atoms with van der Waals surface area (Å²) in [6.45, 7) is 9.23. The van der Waals surface area contributed by atoms with E-state index in [-0.39, 0.29) is 11.0 Å². The van der Waals surface area contributed by atoms with Gasteiger partial charge in [0.15, 0.2) is 0 Å². The number of aryl methyl sites for hydroxylation is 1. The molecule has 0 saturated heterocycles. The van der Waals surface area contributed by atoms with E-state index in [1.807, 2.05) is 6.07 Å². The van der Waals surface area contributed by atoms with Gasteiger partial charge in [-0.15, -0.1) is 0 Å². The Morgan fingerprint density at radius 2 is 1.57 bits per heavy atom. The molecule has 1 atom stereocenters. The van der Waals surface area contributed by atoms with E-state index in [1.165, 1.54) is 22.5 Å². The third kappa shape index (κ3) is 2.67. The quantitative estimate of drug-likeness (QED) is 0.461. The van der Waals surface area contributed by atoms with Crippen molar-refractivity contribution >= 4 is 11.4 Å². The van der Waals surface area contributed by atoms with Crippen LogP contribution in [0.15, 0.2) is 90.5 Å². The molecule has 5 rings (SSSR count). The highest BCUT2D eigenvalue weighted by Crippen LogP contribution is 2.55. The topological polar surface area (TPSA) is 16.1 Å². The molecule has 0 bridgehead atoms. The number of benzene rings is 2. The van der Waals surface area contributed by atoms with Crippen molar-refractivity contribution in [2.45, 2.75) is 45.1 Å². The summed E-state index contributed by atoms with van der Waals surface area (Å²) in [6, 6.07) is 23.7. The monoisotopic (exact) mass is 392 g/mol. The van der Waals surface area contributed by atoms with Gasteiger partial charge in [0, 0.05) is 16.7 Å². The van der Waals surface area contributed by atoms with Crippen LogP contribution in [0.2, 0.25) is 0 Å². The van der Waals surface area contributed by atoms with Crippen LogP contribution in [0.3, 0.4) is 0 Å². The summed E-state index contributed by atoms with van der Waals surface area (Å²) in [5, 5.41) is 0. The molecule has 2 nitrogen and oxygen atoms in total. The van der Waals surface area contributed by atoms with E-state index in [2.05, 4.69) is 111 Å². The fourth-order valence-corrected chi connectivity index (χ4v) is 5.41. The molecule has 2 heterocycles. The Balaban J connectivity index is 1.72. The van der Waals surface area contributed by atoms with Crippen molar-refractivity contribution < 1.29 is 0 Å². The molecule has 1 aliphatic carbocycles. The summed E-state index contributed by atoms with van der Waals surface area (Å²) in [6.07, 6.45) is 7.82. The van der Waals surface area contributed by atoms with Crippen LogP contribution in [0.5, 0.6) is 0 Å². The summed E-state index contributed by atoms with van der Waals surface area (Å²) in [5.41, 5.74) is 8.40. The fraction of sp³-hybridized carbons (Fsp3) is 0.250. The lowest BCUT2D eigenvalue weighted by molar-refractivity contribution is 0.420. The number of para-hydroxylation sites is 1. The number of aromatic nitrogens is 1.